The Morgan fingerprint density at radius 3 is 2.52 bits per heavy atom. The Bertz CT molecular complexity index is 614. The molecule has 1 fully saturated rings. The fraction of sp³-hybridized carbons (Fsp3) is 0.368. The van der Waals surface area contributed by atoms with Crippen molar-refractivity contribution in [3.8, 4) is 0 Å². The molecule has 0 aromatic heterocycles. The molecule has 0 atom stereocenters. The monoisotopic (exact) mass is 281 g/mol. The largest absolute Gasteiger partial charge is 0.489 e. The highest BCUT2D eigenvalue weighted by Crippen LogP contribution is 2.39. The van der Waals surface area contributed by atoms with Crippen LogP contribution >= 0.6 is 0 Å². The lowest BCUT2D eigenvalue weighted by atomic mass is 9.86. The van der Waals surface area contributed by atoms with Gasteiger partial charge >= 0.3 is 0 Å². The van der Waals surface area contributed by atoms with Gasteiger partial charge in [-0.3, -0.25) is 0 Å². The van der Waals surface area contributed by atoms with Crippen molar-refractivity contribution in [2.75, 3.05) is 13.1 Å². The van der Waals surface area contributed by atoms with Crippen LogP contribution in [0, 0.1) is 0 Å². The third-order valence-electron chi connectivity index (χ3n) is 4.32. The van der Waals surface area contributed by atoms with Crippen molar-refractivity contribution in [1.29, 1.82) is 0 Å². The molecule has 2 heteroatoms. The van der Waals surface area contributed by atoms with Crippen molar-refractivity contribution >= 4 is 5.57 Å². The Morgan fingerprint density at radius 2 is 1.81 bits per heavy atom. The van der Waals surface area contributed by atoms with E-state index >= 15 is 0 Å². The van der Waals surface area contributed by atoms with Crippen LogP contribution in [0.1, 0.15) is 37.8 Å². The number of benzene rings is 1. The summed E-state index contributed by atoms with van der Waals surface area (Å²) in [4.78, 5) is 0. The van der Waals surface area contributed by atoms with E-state index in [2.05, 4.69) is 55.6 Å². The molecule has 0 bridgehead atoms. The predicted octanol–water partition coefficient (Wildman–Crippen LogP) is 4.20. The molecule has 2 heterocycles. The van der Waals surface area contributed by atoms with Crippen molar-refractivity contribution in [2.45, 2.75) is 33.3 Å². The lowest BCUT2D eigenvalue weighted by Crippen LogP contribution is -2.24. The van der Waals surface area contributed by atoms with Gasteiger partial charge in [0.05, 0.1) is 0 Å². The normalized spacial score (nSPS) is 23.0. The maximum atomic E-state index is 6.05. The predicted molar refractivity (Wildman–Crippen MR) is 87.8 cm³/mol. The molecule has 2 aliphatic rings. The molecular formula is C19H23NO. The summed E-state index contributed by atoms with van der Waals surface area (Å²) in [5.74, 6) is 1.01. The zero-order valence-corrected chi connectivity index (χ0v) is 12.9. The Balaban J connectivity index is 2.23. The van der Waals surface area contributed by atoms with E-state index < -0.39 is 0 Å². The highest BCUT2D eigenvalue weighted by Gasteiger charge is 2.24. The van der Waals surface area contributed by atoms with Crippen LogP contribution < -0.4 is 5.32 Å². The molecule has 0 radical (unpaired) electrons. The van der Waals surface area contributed by atoms with Gasteiger partial charge in [0.1, 0.15) is 12.4 Å². The van der Waals surface area contributed by atoms with Gasteiger partial charge in [0.2, 0.25) is 0 Å². The van der Waals surface area contributed by atoms with Crippen molar-refractivity contribution in [2.24, 2.45) is 0 Å². The Hall–Kier alpha value is -1.80. The van der Waals surface area contributed by atoms with Crippen molar-refractivity contribution in [3.05, 3.63) is 64.4 Å². The molecule has 0 amide bonds. The third-order valence-corrected chi connectivity index (χ3v) is 4.32. The number of ether oxygens (including phenoxy) is 1. The summed E-state index contributed by atoms with van der Waals surface area (Å²) in [5, 5.41) is 3.45. The van der Waals surface area contributed by atoms with Gasteiger partial charge in [0.25, 0.3) is 0 Å². The van der Waals surface area contributed by atoms with E-state index in [9.17, 15) is 0 Å². The average molecular weight is 281 g/mol. The smallest absolute Gasteiger partial charge is 0.123 e. The molecule has 1 saturated heterocycles. The molecule has 0 saturated carbocycles. The lowest BCUT2D eigenvalue weighted by Gasteiger charge is -2.22. The molecule has 110 valence electrons. The maximum Gasteiger partial charge on any atom is 0.123 e. The van der Waals surface area contributed by atoms with Crippen molar-refractivity contribution in [1.82, 2.24) is 5.32 Å². The standard InChI is InChI=1S/C19H23NO/c1-3-16-18(4-2)21-13-15-7-5-6-8-17(15)19(16)14-9-11-20-12-10-14/h3-8,20H,9-13H2,1-2H3/b16-3+,18-4+. The molecule has 0 spiro atoms. The SMILES string of the molecule is C/C=C1/C(=C2CCNCC2)c2ccccc2CO/C1=C/C. The summed E-state index contributed by atoms with van der Waals surface area (Å²) in [6.07, 6.45) is 6.53. The van der Waals surface area contributed by atoms with E-state index in [1.807, 2.05) is 0 Å². The number of allylic oxidation sites excluding steroid dienone is 3. The van der Waals surface area contributed by atoms with Crippen LogP contribution in [0.4, 0.5) is 0 Å². The van der Waals surface area contributed by atoms with Crippen LogP contribution in [0.2, 0.25) is 0 Å². The van der Waals surface area contributed by atoms with E-state index in [-0.39, 0.29) is 0 Å². The highest BCUT2D eigenvalue weighted by molar-refractivity contribution is 5.87. The van der Waals surface area contributed by atoms with Crippen molar-refractivity contribution in [3.63, 3.8) is 0 Å². The highest BCUT2D eigenvalue weighted by atomic mass is 16.5. The fourth-order valence-electron chi connectivity index (χ4n) is 3.28. The van der Waals surface area contributed by atoms with Crippen LogP contribution in [0.3, 0.4) is 0 Å². The Labute approximate surface area is 127 Å². The zero-order valence-electron chi connectivity index (χ0n) is 12.9. The van der Waals surface area contributed by atoms with E-state index in [1.54, 1.807) is 5.57 Å². The summed E-state index contributed by atoms with van der Waals surface area (Å²) in [5.41, 5.74) is 6.84. The summed E-state index contributed by atoms with van der Waals surface area (Å²) in [7, 11) is 0. The Morgan fingerprint density at radius 1 is 1.05 bits per heavy atom. The molecular weight excluding hydrogens is 258 g/mol. The first kappa shape index (κ1) is 14.2. The molecule has 21 heavy (non-hydrogen) atoms. The van der Waals surface area contributed by atoms with Gasteiger partial charge in [-0.2, -0.15) is 0 Å². The van der Waals surface area contributed by atoms with Gasteiger partial charge < -0.3 is 10.1 Å². The minimum absolute atomic E-state index is 0.655. The van der Waals surface area contributed by atoms with E-state index in [0.717, 1.165) is 31.7 Å². The summed E-state index contributed by atoms with van der Waals surface area (Å²) in [6.45, 7) is 6.97. The number of hydrogen-bond donors (Lipinski definition) is 1. The second kappa shape index (κ2) is 6.31. The minimum atomic E-state index is 0.655. The van der Waals surface area contributed by atoms with Crippen LogP contribution in [0.15, 0.2) is 53.3 Å². The van der Waals surface area contributed by atoms with Crippen molar-refractivity contribution < 1.29 is 4.74 Å². The topological polar surface area (TPSA) is 21.3 Å². The second-order valence-corrected chi connectivity index (χ2v) is 5.53. The van der Waals surface area contributed by atoms with Gasteiger partial charge in [-0.1, -0.05) is 35.9 Å². The van der Waals surface area contributed by atoms with Gasteiger partial charge in [-0.15, -0.1) is 0 Å². The number of piperidine rings is 1. The molecule has 0 aliphatic carbocycles. The number of rotatable bonds is 0. The molecule has 3 rings (SSSR count). The van der Waals surface area contributed by atoms with Crippen LogP contribution in [0.5, 0.6) is 0 Å². The average Bonchev–Trinajstić information content (AvgIpc) is 2.71. The quantitative estimate of drug-likeness (QED) is 0.769. The first-order valence-corrected chi connectivity index (χ1v) is 7.82. The molecule has 1 aromatic rings. The summed E-state index contributed by atoms with van der Waals surface area (Å²) < 4.78 is 6.05. The Kier molecular flexibility index (Phi) is 4.26. The lowest BCUT2D eigenvalue weighted by molar-refractivity contribution is 0.210. The molecule has 2 aliphatic heterocycles. The molecule has 0 unspecified atom stereocenters. The number of fused-ring (bicyclic) bond motifs is 1. The summed E-state index contributed by atoms with van der Waals surface area (Å²) >= 11 is 0. The minimum Gasteiger partial charge on any atom is -0.489 e. The molecule has 1 aromatic carbocycles. The van der Waals surface area contributed by atoms with E-state index in [0.29, 0.717) is 6.61 Å². The fourth-order valence-corrected chi connectivity index (χ4v) is 3.28. The van der Waals surface area contributed by atoms with Crippen LogP contribution in [0.25, 0.3) is 5.57 Å². The zero-order chi connectivity index (χ0) is 14.7. The van der Waals surface area contributed by atoms with Crippen LogP contribution in [-0.2, 0) is 11.3 Å². The molecule has 1 N–H and O–H groups in total. The number of hydrogen-bond acceptors (Lipinski definition) is 2. The van der Waals surface area contributed by atoms with E-state index in [1.165, 1.54) is 22.3 Å². The van der Waals surface area contributed by atoms with Gasteiger partial charge in [-0.05, 0) is 62.6 Å². The van der Waals surface area contributed by atoms with E-state index in [4.69, 9.17) is 4.74 Å². The first-order chi connectivity index (χ1) is 10.3. The van der Waals surface area contributed by atoms with Gasteiger partial charge in [0, 0.05) is 5.57 Å². The van der Waals surface area contributed by atoms with Crippen LogP contribution in [-0.4, -0.2) is 13.1 Å². The first-order valence-electron chi connectivity index (χ1n) is 7.82. The third kappa shape index (κ3) is 2.68. The number of nitrogens with one attached hydrogen (secondary N) is 1. The molecule has 2 nitrogen and oxygen atoms in total. The maximum absolute atomic E-state index is 6.05. The van der Waals surface area contributed by atoms with Gasteiger partial charge in [-0.25, -0.2) is 0 Å². The second-order valence-electron chi connectivity index (χ2n) is 5.53. The summed E-state index contributed by atoms with van der Waals surface area (Å²) in [6, 6.07) is 8.66. The van der Waals surface area contributed by atoms with Gasteiger partial charge in [0.15, 0.2) is 0 Å².